The smallest absolute Gasteiger partial charge is 0.240 e. The van der Waals surface area contributed by atoms with Crippen molar-refractivity contribution < 1.29 is 9.59 Å². The highest BCUT2D eigenvalue weighted by Crippen LogP contribution is 1.97. The topological polar surface area (TPSA) is 101 Å². The van der Waals surface area contributed by atoms with E-state index in [1.807, 2.05) is 0 Å². The van der Waals surface area contributed by atoms with Gasteiger partial charge in [0.15, 0.2) is 0 Å². The lowest BCUT2D eigenvalue weighted by molar-refractivity contribution is -0.126. The lowest BCUT2D eigenvalue weighted by Gasteiger charge is -2.12. The van der Waals surface area contributed by atoms with Gasteiger partial charge in [-0.1, -0.05) is 0 Å². The second kappa shape index (κ2) is 4.40. The fourth-order valence-corrected chi connectivity index (χ4v) is 1.08. The standard InChI is InChI=1S/C8H12N4O2/c1-5(13)12-7(8(9)14)2-6-3-10-4-11-6/h3-4,7H,2H2,1H3,(H2,9,14)(H,10,11)(H,12,13)/t7-/m0/s1. The van der Waals surface area contributed by atoms with Gasteiger partial charge in [0.25, 0.3) is 0 Å². The van der Waals surface area contributed by atoms with Gasteiger partial charge in [-0.3, -0.25) is 9.59 Å². The van der Waals surface area contributed by atoms with Crippen molar-refractivity contribution in [2.75, 3.05) is 0 Å². The molecule has 1 aromatic rings. The van der Waals surface area contributed by atoms with Gasteiger partial charge in [-0.2, -0.15) is 0 Å². The van der Waals surface area contributed by atoms with Gasteiger partial charge in [-0.25, -0.2) is 4.98 Å². The Hall–Kier alpha value is -1.85. The number of carbonyl (C=O) groups excluding carboxylic acids is 2. The molecule has 6 heteroatoms. The number of carbonyl (C=O) groups is 2. The fourth-order valence-electron chi connectivity index (χ4n) is 1.08. The maximum atomic E-state index is 10.9. The molecule has 76 valence electrons. The highest BCUT2D eigenvalue weighted by molar-refractivity contribution is 5.85. The van der Waals surface area contributed by atoms with E-state index in [0.29, 0.717) is 6.42 Å². The zero-order valence-corrected chi connectivity index (χ0v) is 7.78. The first-order chi connectivity index (χ1) is 6.59. The molecule has 0 saturated heterocycles. The maximum absolute atomic E-state index is 10.9. The number of amides is 2. The van der Waals surface area contributed by atoms with E-state index in [1.165, 1.54) is 13.3 Å². The molecule has 0 fully saturated rings. The molecule has 0 aliphatic carbocycles. The van der Waals surface area contributed by atoms with Crippen LogP contribution in [0.4, 0.5) is 0 Å². The van der Waals surface area contributed by atoms with Gasteiger partial charge in [0.2, 0.25) is 11.8 Å². The van der Waals surface area contributed by atoms with Crippen LogP contribution in [0.5, 0.6) is 0 Å². The van der Waals surface area contributed by atoms with Gasteiger partial charge in [0.05, 0.1) is 6.33 Å². The van der Waals surface area contributed by atoms with Crippen LogP contribution >= 0.6 is 0 Å². The van der Waals surface area contributed by atoms with E-state index in [1.54, 1.807) is 6.20 Å². The minimum Gasteiger partial charge on any atom is -0.368 e. The minimum atomic E-state index is -0.687. The van der Waals surface area contributed by atoms with Crippen molar-refractivity contribution in [3.63, 3.8) is 0 Å². The van der Waals surface area contributed by atoms with Crippen molar-refractivity contribution in [2.24, 2.45) is 5.73 Å². The third-order valence-corrected chi connectivity index (χ3v) is 1.70. The van der Waals surface area contributed by atoms with Gasteiger partial charge >= 0.3 is 0 Å². The number of aromatic nitrogens is 2. The SMILES string of the molecule is CC(=O)N[C@@H](Cc1cnc[nH]1)C(N)=O. The highest BCUT2D eigenvalue weighted by Gasteiger charge is 2.17. The van der Waals surface area contributed by atoms with Crippen LogP contribution in [0.1, 0.15) is 12.6 Å². The second-order valence-electron chi connectivity index (χ2n) is 2.94. The molecule has 0 aliphatic rings. The summed E-state index contributed by atoms with van der Waals surface area (Å²) in [6.07, 6.45) is 3.41. The van der Waals surface area contributed by atoms with E-state index in [0.717, 1.165) is 5.69 Å². The molecule has 0 bridgehead atoms. The van der Waals surface area contributed by atoms with Crippen LogP contribution < -0.4 is 11.1 Å². The Balaban J connectivity index is 2.60. The average Bonchev–Trinajstić information content (AvgIpc) is 2.54. The van der Waals surface area contributed by atoms with Crippen molar-refractivity contribution in [1.29, 1.82) is 0 Å². The monoisotopic (exact) mass is 196 g/mol. The molecule has 0 spiro atoms. The average molecular weight is 196 g/mol. The Morgan fingerprint density at radius 2 is 2.43 bits per heavy atom. The number of nitrogens with zero attached hydrogens (tertiary/aromatic N) is 1. The predicted molar refractivity (Wildman–Crippen MR) is 49.1 cm³/mol. The quantitative estimate of drug-likeness (QED) is 0.572. The van der Waals surface area contributed by atoms with Crippen molar-refractivity contribution in [3.05, 3.63) is 18.2 Å². The first-order valence-corrected chi connectivity index (χ1v) is 4.13. The van der Waals surface area contributed by atoms with Gasteiger partial charge in [-0.15, -0.1) is 0 Å². The molecule has 0 aliphatic heterocycles. The van der Waals surface area contributed by atoms with Gasteiger partial charge in [0.1, 0.15) is 6.04 Å². The molecule has 14 heavy (non-hydrogen) atoms. The molecule has 6 nitrogen and oxygen atoms in total. The molecule has 1 rings (SSSR count). The van der Waals surface area contributed by atoms with Crippen LogP contribution in [0, 0.1) is 0 Å². The summed E-state index contributed by atoms with van der Waals surface area (Å²) in [6, 6.07) is -0.687. The number of nitrogens with one attached hydrogen (secondary N) is 2. The van der Waals surface area contributed by atoms with Crippen LogP contribution in [-0.2, 0) is 16.0 Å². The molecule has 0 saturated carbocycles. The van der Waals surface area contributed by atoms with Crippen molar-refractivity contribution in [3.8, 4) is 0 Å². The number of hydrogen-bond acceptors (Lipinski definition) is 3. The number of primary amides is 1. The summed E-state index contributed by atoms with van der Waals surface area (Å²) < 4.78 is 0. The Morgan fingerprint density at radius 3 is 2.86 bits per heavy atom. The van der Waals surface area contributed by atoms with E-state index in [-0.39, 0.29) is 5.91 Å². The Labute approximate surface area is 80.9 Å². The number of aromatic amines is 1. The van der Waals surface area contributed by atoms with Crippen molar-refractivity contribution in [1.82, 2.24) is 15.3 Å². The Bertz CT molecular complexity index is 320. The number of hydrogen-bond donors (Lipinski definition) is 3. The number of imidazole rings is 1. The third-order valence-electron chi connectivity index (χ3n) is 1.70. The molecule has 4 N–H and O–H groups in total. The lowest BCUT2D eigenvalue weighted by atomic mass is 10.1. The van der Waals surface area contributed by atoms with Crippen LogP contribution in [-0.4, -0.2) is 27.8 Å². The normalized spacial score (nSPS) is 12.1. The van der Waals surface area contributed by atoms with E-state index >= 15 is 0 Å². The van der Waals surface area contributed by atoms with Crippen LogP contribution in [0.2, 0.25) is 0 Å². The summed E-state index contributed by atoms with van der Waals surface area (Å²) in [7, 11) is 0. The summed E-state index contributed by atoms with van der Waals surface area (Å²) in [5.74, 6) is -0.844. The van der Waals surface area contributed by atoms with E-state index in [2.05, 4.69) is 15.3 Å². The number of nitrogens with two attached hydrogens (primary N) is 1. The van der Waals surface area contributed by atoms with E-state index in [9.17, 15) is 9.59 Å². The lowest BCUT2D eigenvalue weighted by Crippen LogP contribution is -2.45. The van der Waals surface area contributed by atoms with Gasteiger partial charge in [-0.05, 0) is 0 Å². The third kappa shape index (κ3) is 2.89. The van der Waals surface area contributed by atoms with Crippen LogP contribution in [0.25, 0.3) is 0 Å². The molecule has 1 heterocycles. The minimum absolute atomic E-state index is 0.284. The Kier molecular flexibility index (Phi) is 3.22. The number of rotatable bonds is 4. The second-order valence-corrected chi connectivity index (χ2v) is 2.94. The molecule has 1 aromatic heterocycles. The highest BCUT2D eigenvalue weighted by atomic mass is 16.2. The van der Waals surface area contributed by atoms with E-state index in [4.69, 9.17) is 5.73 Å². The van der Waals surface area contributed by atoms with Crippen LogP contribution in [0.3, 0.4) is 0 Å². The summed E-state index contributed by atoms with van der Waals surface area (Å²) >= 11 is 0. The summed E-state index contributed by atoms with van der Waals surface area (Å²) in [5, 5.41) is 2.46. The Morgan fingerprint density at radius 1 is 1.71 bits per heavy atom. The zero-order chi connectivity index (χ0) is 10.6. The van der Waals surface area contributed by atoms with Crippen molar-refractivity contribution in [2.45, 2.75) is 19.4 Å². The largest absolute Gasteiger partial charge is 0.368 e. The molecule has 1 atom stereocenters. The van der Waals surface area contributed by atoms with Crippen molar-refractivity contribution >= 4 is 11.8 Å². The first-order valence-electron chi connectivity index (χ1n) is 4.13. The zero-order valence-electron chi connectivity index (χ0n) is 7.78. The van der Waals surface area contributed by atoms with Gasteiger partial charge < -0.3 is 16.0 Å². The predicted octanol–water partition coefficient (Wildman–Crippen LogP) is -1.06. The maximum Gasteiger partial charge on any atom is 0.240 e. The number of H-pyrrole nitrogens is 1. The summed E-state index contributed by atoms with van der Waals surface area (Å²) in [4.78, 5) is 28.3. The molecular weight excluding hydrogens is 184 g/mol. The fraction of sp³-hybridized carbons (Fsp3) is 0.375. The molecule has 2 amide bonds. The van der Waals surface area contributed by atoms with Crippen LogP contribution in [0.15, 0.2) is 12.5 Å². The molecule has 0 unspecified atom stereocenters. The summed E-state index contributed by atoms with van der Waals surface area (Å²) in [6.45, 7) is 1.34. The molecule has 0 radical (unpaired) electrons. The molecular formula is C8H12N4O2. The van der Waals surface area contributed by atoms with Gasteiger partial charge in [0, 0.05) is 25.2 Å². The summed E-state index contributed by atoms with van der Waals surface area (Å²) in [5.41, 5.74) is 5.87. The van der Waals surface area contributed by atoms with E-state index < -0.39 is 11.9 Å². The molecule has 0 aromatic carbocycles. The first kappa shape index (κ1) is 10.2.